The molecule has 12 heteroatoms. The molecule has 2 aliphatic heterocycles. The van der Waals surface area contributed by atoms with Crippen LogP contribution in [-0.4, -0.2) is 81.5 Å². The first-order valence-electron chi connectivity index (χ1n) is 12.3. The normalized spacial score (nSPS) is 19.3. The fraction of sp³-hybridized carbons (Fsp3) is 0.480. The monoisotopic (exact) mass is 574 g/mol. The molecule has 2 amide bonds. The minimum Gasteiger partial charge on any atom is -0.390 e. The van der Waals surface area contributed by atoms with Gasteiger partial charge in [0.25, 0.3) is 17.5 Å². The van der Waals surface area contributed by atoms with Gasteiger partial charge in [0.2, 0.25) is 0 Å². The molecule has 4 rings (SSSR count). The van der Waals surface area contributed by atoms with E-state index in [-0.39, 0.29) is 34.8 Å². The van der Waals surface area contributed by atoms with Crippen molar-refractivity contribution in [2.24, 2.45) is 0 Å². The first-order valence-corrected chi connectivity index (χ1v) is 13.1. The Balaban J connectivity index is 1.58. The third-order valence-electron chi connectivity index (χ3n) is 6.97. The Labute approximate surface area is 223 Å². The van der Waals surface area contributed by atoms with Gasteiger partial charge in [-0.3, -0.25) is 24.7 Å². The largest absolute Gasteiger partial charge is 0.390 e. The molecule has 198 valence electrons. The van der Waals surface area contributed by atoms with Gasteiger partial charge in [-0.1, -0.05) is 15.9 Å². The lowest BCUT2D eigenvalue weighted by atomic mass is 9.93. The highest BCUT2D eigenvalue weighted by atomic mass is 79.9. The van der Waals surface area contributed by atoms with Gasteiger partial charge < -0.3 is 25.5 Å². The quantitative estimate of drug-likeness (QED) is 0.351. The van der Waals surface area contributed by atoms with E-state index in [2.05, 4.69) is 31.5 Å². The molecule has 0 saturated carbocycles. The van der Waals surface area contributed by atoms with Crippen molar-refractivity contribution in [3.8, 4) is 0 Å². The number of nitrogens with one attached hydrogen (secondary N) is 2. The molecule has 2 saturated heterocycles. The Morgan fingerprint density at radius 2 is 1.89 bits per heavy atom. The van der Waals surface area contributed by atoms with Crippen LogP contribution in [-0.2, 0) is 0 Å². The maximum absolute atomic E-state index is 13.5. The number of rotatable bonds is 6. The molecule has 1 atom stereocenters. The molecule has 1 aromatic carbocycles. The van der Waals surface area contributed by atoms with Crippen LogP contribution in [0.2, 0.25) is 0 Å². The number of piperidine rings is 2. The van der Waals surface area contributed by atoms with E-state index < -0.39 is 10.5 Å². The molecule has 2 fully saturated rings. The highest BCUT2D eigenvalue weighted by Crippen LogP contribution is 2.35. The lowest BCUT2D eigenvalue weighted by Gasteiger charge is -2.36. The molecular formula is C25H31BrN6O5. The summed E-state index contributed by atoms with van der Waals surface area (Å²) in [6.07, 6.45) is 5.41. The molecule has 3 N–H and O–H groups in total. The van der Waals surface area contributed by atoms with Gasteiger partial charge in [0.05, 0.1) is 27.3 Å². The van der Waals surface area contributed by atoms with E-state index >= 15 is 0 Å². The average Bonchev–Trinajstić information content (AvgIpc) is 2.88. The summed E-state index contributed by atoms with van der Waals surface area (Å²) in [4.78, 5) is 45.6. The van der Waals surface area contributed by atoms with Crippen LogP contribution in [0.15, 0.2) is 35.1 Å². The van der Waals surface area contributed by atoms with Crippen molar-refractivity contribution >= 4 is 44.8 Å². The Hall–Kier alpha value is -3.25. The van der Waals surface area contributed by atoms with Crippen LogP contribution in [0, 0.1) is 10.1 Å². The maximum Gasteiger partial charge on any atom is 0.294 e. The fourth-order valence-corrected chi connectivity index (χ4v) is 5.22. The van der Waals surface area contributed by atoms with Crippen molar-refractivity contribution in [1.82, 2.24) is 14.8 Å². The van der Waals surface area contributed by atoms with Crippen LogP contribution < -0.4 is 10.6 Å². The second-order valence-corrected chi connectivity index (χ2v) is 10.8. The molecular weight excluding hydrogens is 544 g/mol. The number of carbonyl (C=O) groups excluding carboxylic acids is 2. The van der Waals surface area contributed by atoms with Gasteiger partial charge in [0, 0.05) is 62.2 Å². The molecule has 3 heterocycles. The summed E-state index contributed by atoms with van der Waals surface area (Å²) in [7, 11) is 1.75. The number of aliphatic hydroxyl groups is 1. The van der Waals surface area contributed by atoms with Crippen LogP contribution in [0.4, 0.5) is 17.1 Å². The Bertz CT molecular complexity index is 1200. The number of carbonyl (C=O) groups is 2. The van der Waals surface area contributed by atoms with Crippen LogP contribution >= 0.6 is 15.9 Å². The summed E-state index contributed by atoms with van der Waals surface area (Å²) >= 11 is 3.31. The SMILES string of the molecule is CNc1cncc(C(=O)N2CCC[C@@H](Nc3c(C(=O)N4CCC(C)(O)CC4)cc(Br)cc3[N+](=O)[O-])C2)c1. The van der Waals surface area contributed by atoms with Gasteiger partial charge in [0.1, 0.15) is 5.69 Å². The highest BCUT2D eigenvalue weighted by molar-refractivity contribution is 9.10. The van der Waals surface area contributed by atoms with Crippen molar-refractivity contribution < 1.29 is 19.6 Å². The molecule has 0 bridgehead atoms. The lowest BCUT2D eigenvalue weighted by molar-refractivity contribution is -0.384. The van der Waals surface area contributed by atoms with Gasteiger partial charge in [-0.25, -0.2) is 0 Å². The predicted molar refractivity (Wildman–Crippen MR) is 143 cm³/mol. The number of benzene rings is 1. The molecule has 0 spiro atoms. The minimum atomic E-state index is -0.832. The number of aromatic nitrogens is 1. The summed E-state index contributed by atoms with van der Waals surface area (Å²) in [5, 5.41) is 28.5. The first-order chi connectivity index (χ1) is 17.6. The van der Waals surface area contributed by atoms with Gasteiger partial charge >= 0.3 is 0 Å². The number of halogens is 1. The number of nitro benzene ring substituents is 1. The summed E-state index contributed by atoms with van der Waals surface area (Å²) in [6.45, 7) is 3.35. The molecule has 0 unspecified atom stereocenters. The number of hydrogen-bond acceptors (Lipinski definition) is 8. The number of amides is 2. The number of likely N-dealkylation sites (tertiary alicyclic amines) is 2. The summed E-state index contributed by atoms with van der Waals surface area (Å²) in [5.74, 6) is -0.501. The van der Waals surface area contributed by atoms with Crippen LogP contribution in [0.1, 0.15) is 53.3 Å². The van der Waals surface area contributed by atoms with E-state index in [9.17, 15) is 24.8 Å². The van der Waals surface area contributed by atoms with E-state index in [0.717, 1.165) is 5.69 Å². The smallest absolute Gasteiger partial charge is 0.294 e. The van der Waals surface area contributed by atoms with Crippen molar-refractivity contribution in [3.05, 3.63) is 56.3 Å². The molecule has 2 aliphatic rings. The van der Waals surface area contributed by atoms with Gasteiger partial charge in [-0.05, 0) is 44.7 Å². The lowest BCUT2D eigenvalue weighted by Crippen LogP contribution is -2.46. The third-order valence-corrected chi connectivity index (χ3v) is 7.43. The van der Waals surface area contributed by atoms with Crippen molar-refractivity contribution in [2.45, 2.75) is 44.2 Å². The molecule has 37 heavy (non-hydrogen) atoms. The zero-order valence-electron chi connectivity index (χ0n) is 20.9. The maximum atomic E-state index is 13.5. The number of nitrogens with zero attached hydrogens (tertiary/aromatic N) is 4. The number of nitro groups is 1. The number of anilines is 2. The molecule has 0 radical (unpaired) electrons. The molecule has 1 aromatic heterocycles. The highest BCUT2D eigenvalue weighted by Gasteiger charge is 2.34. The van der Waals surface area contributed by atoms with Gasteiger partial charge in [-0.15, -0.1) is 0 Å². The number of pyridine rings is 1. The molecule has 2 aromatic rings. The molecule has 0 aliphatic carbocycles. The number of hydrogen-bond donors (Lipinski definition) is 3. The summed E-state index contributed by atoms with van der Waals surface area (Å²) in [5.41, 5.74) is 0.479. The van der Waals surface area contributed by atoms with E-state index in [1.54, 1.807) is 42.1 Å². The summed E-state index contributed by atoms with van der Waals surface area (Å²) < 4.78 is 0.425. The fourth-order valence-electron chi connectivity index (χ4n) is 4.78. The van der Waals surface area contributed by atoms with E-state index in [0.29, 0.717) is 61.9 Å². The Kier molecular flexibility index (Phi) is 7.98. The van der Waals surface area contributed by atoms with Crippen LogP contribution in [0.25, 0.3) is 0 Å². The summed E-state index contributed by atoms with van der Waals surface area (Å²) in [6, 6.07) is 4.41. The van der Waals surface area contributed by atoms with Crippen molar-refractivity contribution in [1.29, 1.82) is 0 Å². The van der Waals surface area contributed by atoms with Gasteiger partial charge in [-0.2, -0.15) is 0 Å². The predicted octanol–water partition coefficient (Wildman–Crippen LogP) is 3.50. The third kappa shape index (κ3) is 6.19. The Morgan fingerprint density at radius 3 is 2.57 bits per heavy atom. The zero-order chi connectivity index (χ0) is 26.7. The zero-order valence-corrected chi connectivity index (χ0v) is 22.5. The topological polar surface area (TPSA) is 141 Å². The molecule has 11 nitrogen and oxygen atoms in total. The average molecular weight is 575 g/mol. The van der Waals surface area contributed by atoms with Gasteiger partial charge in [0.15, 0.2) is 0 Å². The standard InChI is InChI=1S/C25H31BrN6O5/c1-25(35)5-8-30(9-6-25)24(34)20-11-17(26)12-21(32(36)37)22(20)29-18-4-3-7-31(15-18)23(33)16-10-19(27-2)14-28-13-16/h10-14,18,27,29,35H,3-9,15H2,1-2H3/t18-/m1/s1. The van der Waals surface area contributed by atoms with Crippen molar-refractivity contribution in [3.63, 3.8) is 0 Å². The van der Waals surface area contributed by atoms with Crippen molar-refractivity contribution in [2.75, 3.05) is 43.9 Å². The minimum absolute atomic E-state index is 0.147. The second kappa shape index (κ2) is 11.0. The van der Waals surface area contributed by atoms with E-state index in [1.165, 1.54) is 12.3 Å². The van der Waals surface area contributed by atoms with Crippen LogP contribution in [0.3, 0.4) is 0 Å². The Morgan fingerprint density at radius 1 is 1.16 bits per heavy atom. The van der Waals surface area contributed by atoms with E-state index in [1.807, 2.05) is 0 Å². The first kappa shape index (κ1) is 26.8. The second-order valence-electron chi connectivity index (χ2n) is 9.84. The van der Waals surface area contributed by atoms with E-state index in [4.69, 9.17) is 0 Å². The van der Waals surface area contributed by atoms with Crippen LogP contribution in [0.5, 0.6) is 0 Å².